The highest BCUT2D eigenvalue weighted by molar-refractivity contribution is 6.08. The number of likely N-dealkylation sites (tertiary alicyclic amines) is 1. The van der Waals surface area contributed by atoms with Crippen molar-refractivity contribution < 1.29 is 37.8 Å². The van der Waals surface area contributed by atoms with Crippen molar-refractivity contribution >= 4 is 34.5 Å². The maximum Gasteiger partial charge on any atom is 0.323 e. The molecule has 6 rings (SSSR count). The molecule has 2 aliphatic heterocycles. The Bertz CT molecular complexity index is 2090. The highest BCUT2D eigenvalue weighted by Gasteiger charge is 2.47. The molecule has 16 nitrogen and oxygen atoms in total. The van der Waals surface area contributed by atoms with Crippen LogP contribution in [0.5, 0.6) is 5.75 Å². The van der Waals surface area contributed by atoms with Crippen LogP contribution in [0.4, 0.5) is 8.78 Å². The lowest BCUT2D eigenvalue weighted by atomic mass is 10.0. The van der Waals surface area contributed by atoms with Gasteiger partial charge in [0.1, 0.15) is 30.0 Å². The van der Waals surface area contributed by atoms with Crippen LogP contribution >= 0.6 is 0 Å². The third-order valence-electron chi connectivity index (χ3n) is 10.0. The fourth-order valence-electron chi connectivity index (χ4n) is 7.04. The minimum Gasteiger partial charge on any atom is -0.494 e. The van der Waals surface area contributed by atoms with Gasteiger partial charge in [-0.15, -0.1) is 0 Å². The second-order valence-corrected chi connectivity index (χ2v) is 14.1. The molecule has 296 valence electrons. The standard InChI is InChI=1S/C38H44F2N10O6/c1-45-12-9-43-33(45)22-47(23-34-44-10-13-49(34)25-37(54)55)24-36(53)48-16-14-46(15-17-48)11-2-18-56-28-3-4-31-30(19-28)29(7-8-42-31)32(51)5-6-35(52)50-26-38(39,40)20-27(50)21-41/h3-4,7-10,12-13,19,27H,2,5-6,11,14-18,20,22-26H2,1H3,(H,54,55)/t27-/m0/s1. The van der Waals surface area contributed by atoms with Crippen LogP contribution in [0.3, 0.4) is 0 Å². The molecular formula is C38H44F2N10O6. The Morgan fingerprint density at radius 3 is 2.46 bits per heavy atom. The first-order valence-electron chi connectivity index (χ1n) is 18.4. The minimum atomic E-state index is -3.13. The number of ketones is 1. The first-order valence-corrected chi connectivity index (χ1v) is 18.4. The van der Waals surface area contributed by atoms with Gasteiger partial charge in [0, 0.05) is 101 Å². The summed E-state index contributed by atoms with van der Waals surface area (Å²) in [6.45, 7) is 3.41. The summed E-state index contributed by atoms with van der Waals surface area (Å²) in [5, 5.41) is 19.0. The number of ether oxygens (including phenoxy) is 1. The number of pyridine rings is 1. The predicted molar refractivity (Wildman–Crippen MR) is 196 cm³/mol. The Labute approximate surface area is 321 Å². The Morgan fingerprint density at radius 1 is 0.982 bits per heavy atom. The molecule has 3 aromatic heterocycles. The second kappa shape index (κ2) is 17.8. The summed E-state index contributed by atoms with van der Waals surface area (Å²) < 4.78 is 37.1. The van der Waals surface area contributed by atoms with Crippen molar-refractivity contribution in [3.63, 3.8) is 0 Å². The maximum atomic E-state index is 13.8. The molecule has 56 heavy (non-hydrogen) atoms. The first kappa shape index (κ1) is 39.9. The van der Waals surface area contributed by atoms with E-state index >= 15 is 0 Å². The Kier molecular flexibility index (Phi) is 12.7. The van der Waals surface area contributed by atoms with Crippen molar-refractivity contribution in [2.24, 2.45) is 7.05 Å². The number of benzene rings is 1. The van der Waals surface area contributed by atoms with E-state index in [1.54, 1.807) is 53.5 Å². The van der Waals surface area contributed by atoms with E-state index in [0.29, 0.717) is 73.8 Å². The lowest BCUT2D eigenvalue weighted by Gasteiger charge is -2.35. The van der Waals surface area contributed by atoms with E-state index in [1.165, 1.54) is 6.20 Å². The average Bonchev–Trinajstić information content (AvgIpc) is 3.89. The molecule has 0 aliphatic carbocycles. The molecule has 2 fully saturated rings. The number of fused-ring (bicyclic) bond motifs is 1. The number of carboxylic acids is 1. The van der Waals surface area contributed by atoms with Crippen molar-refractivity contribution in [1.82, 2.24) is 43.7 Å². The molecular weight excluding hydrogens is 730 g/mol. The predicted octanol–water partition coefficient (Wildman–Crippen LogP) is 2.59. The molecule has 1 atom stereocenters. The van der Waals surface area contributed by atoms with Gasteiger partial charge in [0.2, 0.25) is 11.8 Å². The number of imidazole rings is 2. The van der Waals surface area contributed by atoms with Gasteiger partial charge in [0.15, 0.2) is 5.78 Å². The molecule has 18 heteroatoms. The number of aryl methyl sites for hydroxylation is 1. The van der Waals surface area contributed by atoms with Crippen LogP contribution in [0.1, 0.15) is 47.7 Å². The van der Waals surface area contributed by atoms with Gasteiger partial charge in [-0.05, 0) is 30.7 Å². The van der Waals surface area contributed by atoms with Crippen molar-refractivity contribution in [3.8, 4) is 11.8 Å². The summed E-state index contributed by atoms with van der Waals surface area (Å²) in [5.41, 5.74) is 0.906. The zero-order valence-corrected chi connectivity index (χ0v) is 31.1. The van der Waals surface area contributed by atoms with Crippen LogP contribution in [0.2, 0.25) is 0 Å². The van der Waals surface area contributed by atoms with Gasteiger partial charge in [-0.25, -0.2) is 18.7 Å². The number of amides is 2. The SMILES string of the molecule is Cn1ccnc1CN(CC(=O)N1CCN(CCCOc2ccc3nccc(C(=O)CCC(=O)N4CC(F)(F)C[C@H]4C#N)c3c2)CC1)Cc1nccn1CC(=O)O. The first-order chi connectivity index (χ1) is 26.9. The summed E-state index contributed by atoms with van der Waals surface area (Å²) in [4.78, 5) is 70.6. The number of hydrogen-bond donors (Lipinski definition) is 1. The van der Waals surface area contributed by atoms with E-state index in [-0.39, 0.29) is 44.2 Å². The van der Waals surface area contributed by atoms with Crippen LogP contribution in [0.25, 0.3) is 10.9 Å². The highest BCUT2D eigenvalue weighted by atomic mass is 19.3. The number of carboxylic acid groups (broad SMARTS) is 1. The molecule has 0 spiro atoms. The van der Waals surface area contributed by atoms with Crippen LogP contribution in [-0.4, -0.2) is 137 Å². The van der Waals surface area contributed by atoms with E-state index in [0.717, 1.165) is 17.3 Å². The number of carbonyl (C=O) groups is 4. The fraction of sp³-hybridized carbons (Fsp3) is 0.474. The van der Waals surface area contributed by atoms with Gasteiger partial charge in [-0.1, -0.05) is 0 Å². The number of halogens is 2. The summed E-state index contributed by atoms with van der Waals surface area (Å²) in [5.74, 6) is -3.27. The summed E-state index contributed by atoms with van der Waals surface area (Å²) >= 11 is 0. The topological polar surface area (TPSA) is 183 Å². The number of carbonyl (C=O) groups excluding carboxylic acids is 3. The second-order valence-electron chi connectivity index (χ2n) is 14.1. The van der Waals surface area contributed by atoms with E-state index in [4.69, 9.17) is 4.74 Å². The van der Waals surface area contributed by atoms with E-state index < -0.39 is 36.8 Å². The van der Waals surface area contributed by atoms with Gasteiger partial charge >= 0.3 is 5.97 Å². The van der Waals surface area contributed by atoms with Crippen LogP contribution in [0.15, 0.2) is 55.2 Å². The molecule has 5 heterocycles. The number of rotatable bonds is 17. The molecule has 2 amide bonds. The number of Topliss-reactive ketones (excluding diaryl/α,β-unsaturated/α-hetero) is 1. The Hall–Kier alpha value is -5.80. The van der Waals surface area contributed by atoms with E-state index in [1.807, 2.05) is 27.6 Å². The van der Waals surface area contributed by atoms with Crippen LogP contribution < -0.4 is 4.74 Å². The summed E-state index contributed by atoms with van der Waals surface area (Å²) in [6, 6.07) is 7.34. The van der Waals surface area contributed by atoms with Crippen molar-refractivity contribution in [1.29, 1.82) is 5.26 Å². The van der Waals surface area contributed by atoms with Gasteiger partial charge in [0.05, 0.1) is 44.4 Å². The monoisotopic (exact) mass is 774 g/mol. The molecule has 4 aromatic rings. The molecule has 0 saturated carbocycles. The van der Waals surface area contributed by atoms with Crippen molar-refractivity contribution in [3.05, 3.63) is 72.5 Å². The van der Waals surface area contributed by atoms with E-state index in [2.05, 4.69) is 19.9 Å². The molecule has 0 unspecified atom stereocenters. The molecule has 2 aliphatic rings. The van der Waals surface area contributed by atoms with Crippen LogP contribution in [-0.2, 0) is 41.1 Å². The maximum absolute atomic E-state index is 13.8. The van der Waals surface area contributed by atoms with Crippen LogP contribution in [0, 0.1) is 11.3 Å². The van der Waals surface area contributed by atoms with E-state index in [9.17, 15) is 38.3 Å². The smallest absolute Gasteiger partial charge is 0.323 e. The minimum absolute atomic E-state index is 0.0299. The number of aromatic nitrogens is 5. The molecule has 1 aromatic carbocycles. The number of nitriles is 1. The Morgan fingerprint density at radius 2 is 1.73 bits per heavy atom. The summed E-state index contributed by atoms with van der Waals surface area (Å²) in [7, 11) is 1.88. The number of hydrogen-bond acceptors (Lipinski definition) is 11. The third kappa shape index (κ3) is 10.1. The van der Waals surface area contributed by atoms with Gasteiger partial charge in [-0.3, -0.25) is 34.0 Å². The lowest BCUT2D eigenvalue weighted by molar-refractivity contribution is -0.138. The highest BCUT2D eigenvalue weighted by Crippen LogP contribution is 2.32. The summed E-state index contributed by atoms with van der Waals surface area (Å²) in [6.07, 6.45) is 7.70. The van der Waals surface area contributed by atoms with Gasteiger partial charge < -0.3 is 28.8 Å². The zero-order chi connectivity index (χ0) is 39.8. The fourth-order valence-corrected chi connectivity index (χ4v) is 7.04. The van der Waals surface area contributed by atoms with Crippen molar-refractivity contribution in [2.75, 3.05) is 52.4 Å². The lowest BCUT2D eigenvalue weighted by Crippen LogP contribution is -2.51. The average molecular weight is 775 g/mol. The largest absolute Gasteiger partial charge is 0.494 e. The number of aliphatic carboxylic acids is 1. The molecule has 1 N–H and O–H groups in total. The third-order valence-corrected chi connectivity index (χ3v) is 10.0. The number of alkyl halides is 2. The normalized spacial score (nSPS) is 17.0. The molecule has 0 radical (unpaired) electrons. The van der Waals surface area contributed by atoms with Gasteiger partial charge in [0.25, 0.3) is 5.92 Å². The quantitative estimate of drug-likeness (QED) is 0.123. The molecule has 0 bridgehead atoms. The van der Waals surface area contributed by atoms with Gasteiger partial charge in [-0.2, -0.15) is 5.26 Å². The number of piperazine rings is 1. The molecule has 2 saturated heterocycles. The van der Waals surface area contributed by atoms with Crippen molar-refractivity contribution in [2.45, 2.75) is 57.3 Å². The zero-order valence-electron chi connectivity index (χ0n) is 31.1. The Balaban J connectivity index is 0.961. The number of nitrogens with zero attached hydrogens (tertiary/aromatic N) is 10.